The summed E-state index contributed by atoms with van der Waals surface area (Å²) in [5.74, 6) is 2.45. The number of anilines is 1. The molecule has 0 aromatic heterocycles. The second-order valence-corrected chi connectivity index (χ2v) is 10.2. The predicted octanol–water partition coefficient (Wildman–Crippen LogP) is 4.75. The van der Waals surface area contributed by atoms with Gasteiger partial charge in [0.1, 0.15) is 23.4 Å². The first kappa shape index (κ1) is 29.2. The largest absolute Gasteiger partial charge is 0.497 e. The zero-order valence-corrected chi connectivity index (χ0v) is 22.6. The number of nitrogens with zero attached hydrogens (tertiary/aromatic N) is 1. The first-order valence-corrected chi connectivity index (χ1v) is 12.1. The van der Waals surface area contributed by atoms with Gasteiger partial charge in [0.15, 0.2) is 0 Å². The highest BCUT2D eigenvalue weighted by atomic mass is 16.6. The molecule has 2 aromatic carbocycles. The van der Waals surface area contributed by atoms with Crippen molar-refractivity contribution in [2.45, 2.75) is 58.7 Å². The highest BCUT2D eigenvalue weighted by Gasteiger charge is 2.34. The molecule has 0 bridgehead atoms. The summed E-state index contributed by atoms with van der Waals surface area (Å²) in [6, 6.07) is 11.9. The average Bonchev–Trinajstić information content (AvgIpc) is 2.82. The van der Waals surface area contributed by atoms with Gasteiger partial charge in [0.2, 0.25) is 5.91 Å². The molecule has 0 heterocycles. The summed E-state index contributed by atoms with van der Waals surface area (Å²) in [6.45, 7) is 9.14. The third kappa shape index (κ3) is 8.87. The van der Waals surface area contributed by atoms with Gasteiger partial charge < -0.3 is 25.0 Å². The van der Waals surface area contributed by atoms with Crippen molar-refractivity contribution >= 4 is 23.6 Å². The Morgan fingerprint density at radius 1 is 1.03 bits per heavy atom. The van der Waals surface area contributed by atoms with E-state index >= 15 is 0 Å². The number of amides is 3. The van der Waals surface area contributed by atoms with E-state index < -0.39 is 35.6 Å². The molecule has 8 heteroatoms. The van der Waals surface area contributed by atoms with Gasteiger partial charge in [-0.3, -0.25) is 9.59 Å². The molecule has 0 aliphatic rings. The second-order valence-electron chi connectivity index (χ2n) is 10.2. The number of hydrogen-bond donors (Lipinski definition) is 2. The summed E-state index contributed by atoms with van der Waals surface area (Å²) in [5, 5.41) is 5.55. The molecule has 0 spiro atoms. The van der Waals surface area contributed by atoms with Crippen LogP contribution in [0.5, 0.6) is 5.75 Å². The SMILES string of the molecule is C#Cc1ccc(C(C(=O)Nc2ccc(OC)cc2)N(C)C(=O)C(CC(C)C)NC(=O)OC(C)(C)C)cc1. The number of rotatable bonds is 9. The van der Waals surface area contributed by atoms with Crippen LogP contribution in [0.15, 0.2) is 48.5 Å². The molecule has 0 radical (unpaired) electrons. The minimum atomic E-state index is -0.989. The van der Waals surface area contributed by atoms with E-state index in [-0.39, 0.29) is 5.92 Å². The molecule has 0 saturated carbocycles. The van der Waals surface area contributed by atoms with E-state index in [1.807, 2.05) is 13.8 Å². The van der Waals surface area contributed by atoms with Crippen LogP contribution in [0.4, 0.5) is 10.5 Å². The maximum atomic E-state index is 13.7. The fraction of sp³-hybridized carbons (Fsp3) is 0.414. The van der Waals surface area contributed by atoms with Gasteiger partial charge in [-0.05, 0) is 75.1 Å². The standard InChI is InChI=1S/C29H37N3O5/c1-9-20-10-12-21(13-11-20)25(26(33)30-22-14-16-23(36-8)17-15-22)32(7)27(34)24(18-19(2)3)31-28(35)37-29(4,5)6/h1,10-17,19,24-25H,18H2,2-8H3,(H,30,33)(H,31,35). The summed E-state index contributed by atoms with van der Waals surface area (Å²) in [6.07, 6.45) is 5.16. The minimum absolute atomic E-state index is 0.0961. The van der Waals surface area contributed by atoms with E-state index in [9.17, 15) is 14.4 Å². The summed E-state index contributed by atoms with van der Waals surface area (Å²) < 4.78 is 10.5. The van der Waals surface area contributed by atoms with Gasteiger partial charge in [-0.15, -0.1) is 6.42 Å². The Balaban J connectivity index is 2.38. The van der Waals surface area contributed by atoms with Crippen LogP contribution in [-0.4, -0.2) is 48.6 Å². The van der Waals surface area contributed by atoms with Gasteiger partial charge in [0, 0.05) is 18.3 Å². The summed E-state index contributed by atoms with van der Waals surface area (Å²) in [7, 11) is 3.10. The van der Waals surface area contributed by atoms with Gasteiger partial charge in [0.25, 0.3) is 5.91 Å². The Morgan fingerprint density at radius 2 is 1.62 bits per heavy atom. The third-order valence-electron chi connectivity index (χ3n) is 5.43. The van der Waals surface area contributed by atoms with Crippen molar-refractivity contribution < 1.29 is 23.9 Å². The van der Waals surface area contributed by atoms with Gasteiger partial charge in [-0.2, -0.15) is 0 Å². The minimum Gasteiger partial charge on any atom is -0.497 e. The molecule has 198 valence electrons. The first-order valence-electron chi connectivity index (χ1n) is 12.1. The maximum Gasteiger partial charge on any atom is 0.408 e. The van der Waals surface area contributed by atoms with Crippen LogP contribution in [0.2, 0.25) is 0 Å². The Bertz CT molecular complexity index is 1110. The van der Waals surface area contributed by atoms with E-state index in [0.29, 0.717) is 29.0 Å². The quantitative estimate of drug-likeness (QED) is 0.477. The Morgan fingerprint density at radius 3 is 2.11 bits per heavy atom. The van der Waals surface area contributed by atoms with E-state index in [0.717, 1.165) is 0 Å². The van der Waals surface area contributed by atoms with E-state index in [4.69, 9.17) is 15.9 Å². The van der Waals surface area contributed by atoms with Crippen LogP contribution in [0, 0.1) is 18.3 Å². The van der Waals surface area contributed by atoms with Crippen molar-refractivity contribution in [3.63, 3.8) is 0 Å². The van der Waals surface area contributed by atoms with Crippen LogP contribution in [0.3, 0.4) is 0 Å². The molecule has 2 rings (SSSR count). The summed E-state index contributed by atoms with van der Waals surface area (Å²) in [4.78, 5) is 41.1. The second kappa shape index (κ2) is 12.8. The maximum absolute atomic E-state index is 13.7. The molecule has 8 nitrogen and oxygen atoms in total. The molecule has 2 atom stereocenters. The van der Waals surface area contributed by atoms with Crippen molar-refractivity contribution in [2.24, 2.45) is 5.92 Å². The number of terminal acetylenes is 1. The molecule has 0 aliphatic heterocycles. The summed E-state index contributed by atoms with van der Waals surface area (Å²) >= 11 is 0. The van der Waals surface area contributed by atoms with Gasteiger partial charge >= 0.3 is 6.09 Å². The summed E-state index contributed by atoms with van der Waals surface area (Å²) in [5.41, 5.74) is 1.04. The number of ether oxygens (including phenoxy) is 2. The number of likely N-dealkylation sites (N-methyl/N-ethyl adjacent to an activating group) is 1. The van der Waals surface area contributed by atoms with Gasteiger partial charge in [0.05, 0.1) is 7.11 Å². The fourth-order valence-corrected chi connectivity index (χ4v) is 3.71. The zero-order valence-electron chi connectivity index (χ0n) is 22.6. The van der Waals surface area contributed by atoms with Crippen molar-refractivity contribution in [2.75, 3.05) is 19.5 Å². The first-order chi connectivity index (χ1) is 17.3. The van der Waals surface area contributed by atoms with Crippen molar-refractivity contribution in [1.82, 2.24) is 10.2 Å². The molecule has 0 saturated heterocycles. The molecule has 2 N–H and O–H groups in total. The van der Waals surface area contributed by atoms with E-state index in [1.165, 1.54) is 4.90 Å². The number of hydrogen-bond acceptors (Lipinski definition) is 5. The molecule has 0 aliphatic carbocycles. The van der Waals surface area contributed by atoms with Crippen molar-refractivity contribution in [3.05, 3.63) is 59.7 Å². The monoisotopic (exact) mass is 507 g/mol. The molecular formula is C29H37N3O5. The predicted molar refractivity (Wildman–Crippen MR) is 144 cm³/mol. The van der Waals surface area contributed by atoms with Crippen LogP contribution < -0.4 is 15.4 Å². The third-order valence-corrected chi connectivity index (χ3v) is 5.43. The van der Waals surface area contributed by atoms with Crippen LogP contribution >= 0.6 is 0 Å². The Kier molecular flexibility index (Phi) is 10.1. The zero-order chi connectivity index (χ0) is 27.8. The van der Waals surface area contributed by atoms with E-state index in [2.05, 4.69) is 16.6 Å². The number of carbonyl (C=O) groups is 3. The number of methoxy groups -OCH3 is 1. The molecule has 0 fully saturated rings. The average molecular weight is 508 g/mol. The number of benzene rings is 2. The van der Waals surface area contributed by atoms with Gasteiger partial charge in [-0.1, -0.05) is 31.9 Å². The lowest BCUT2D eigenvalue weighted by molar-refractivity contribution is -0.139. The lowest BCUT2D eigenvalue weighted by atomic mass is 9.99. The lowest BCUT2D eigenvalue weighted by Gasteiger charge is -2.32. The van der Waals surface area contributed by atoms with Crippen LogP contribution in [0.25, 0.3) is 0 Å². The Labute approximate surface area is 219 Å². The highest BCUT2D eigenvalue weighted by molar-refractivity contribution is 5.99. The number of alkyl carbamates (subject to hydrolysis) is 1. The molecule has 2 aromatic rings. The van der Waals surface area contributed by atoms with Crippen molar-refractivity contribution in [1.29, 1.82) is 0 Å². The van der Waals surface area contributed by atoms with E-state index in [1.54, 1.807) is 83.5 Å². The number of carbonyl (C=O) groups excluding carboxylic acids is 3. The van der Waals surface area contributed by atoms with Gasteiger partial charge in [-0.25, -0.2) is 4.79 Å². The smallest absolute Gasteiger partial charge is 0.408 e. The molecule has 37 heavy (non-hydrogen) atoms. The normalized spacial score (nSPS) is 12.6. The topological polar surface area (TPSA) is 97.0 Å². The van der Waals surface area contributed by atoms with Crippen LogP contribution in [0.1, 0.15) is 58.2 Å². The molecule has 3 amide bonds. The lowest BCUT2D eigenvalue weighted by Crippen LogP contribution is -2.51. The fourth-order valence-electron chi connectivity index (χ4n) is 3.71. The Hall–Kier alpha value is -3.99. The van der Waals surface area contributed by atoms with Crippen LogP contribution in [-0.2, 0) is 14.3 Å². The van der Waals surface area contributed by atoms with Crippen molar-refractivity contribution in [3.8, 4) is 18.1 Å². The molecular weight excluding hydrogens is 470 g/mol. The highest BCUT2D eigenvalue weighted by Crippen LogP contribution is 2.25. The number of nitrogens with one attached hydrogen (secondary N) is 2. The molecule has 2 unspecified atom stereocenters.